The van der Waals surface area contributed by atoms with Crippen molar-refractivity contribution >= 4 is 16.8 Å². The van der Waals surface area contributed by atoms with Crippen LogP contribution in [0.5, 0.6) is 5.75 Å². The fourth-order valence-corrected chi connectivity index (χ4v) is 3.50. The van der Waals surface area contributed by atoms with Gasteiger partial charge in [-0.1, -0.05) is 24.3 Å². The maximum Gasteiger partial charge on any atom is 0.420 e. The normalized spacial score (nSPS) is 11.2. The van der Waals surface area contributed by atoms with Gasteiger partial charge in [0.2, 0.25) is 0 Å². The van der Waals surface area contributed by atoms with E-state index in [1.165, 1.54) is 22.8 Å². The van der Waals surface area contributed by atoms with Gasteiger partial charge in [-0.3, -0.25) is 14.7 Å². The summed E-state index contributed by atoms with van der Waals surface area (Å²) in [5.74, 6) is 0.446. The van der Waals surface area contributed by atoms with Crippen molar-refractivity contribution in [1.29, 1.82) is 0 Å². The molecule has 0 bridgehead atoms. The molecule has 4 rings (SSSR count). The van der Waals surface area contributed by atoms with Gasteiger partial charge in [-0.25, -0.2) is 14.8 Å². The molecule has 2 aromatic carbocycles. The van der Waals surface area contributed by atoms with Crippen LogP contribution in [-0.4, -0.2) is 51.6 Å². The highest BCUT2D eigenvalue weighted by atomic mass is 16.6. The van der Waals surface area contributed by atoms with Crippen LogP contribution in [0, 0.1) is 10.1 Å². The fraction of sp³-hybridized carbons (Fsp3) is 0.261. The molecule has 10 nitrogen and oxygen atoms in total. The van der Waals surface area contributed by atoms with Crippen molar-refractivity contribution in [3.05, 3.63) is 81.1 Å². The molecule has 0 unspecified atom stereocenters. The average Bonchev–Trinajstić information content (AvgIpc) is 3.12. The molecular weight excluding hydrogens is 426 g/mol. The molecule has 0 aliphatic rings. The zero-order valence-electron chi connectivity index (χ0n) is 18.3. The number of hydrogen-bond donors (Lipinski definition) is 0. The summed E-state index contributed by atoms with van der Waals surface area (Å²) < 4.78 is 12.1. The van der Waals surface area contributed by atoms with Gasteiger partial charge in [0.15, 0.2) is 22.7 Å². The molecule has 4 aromatic rings. The number of fused-ring (bicyclic) bond motifs is 1. The third kappa shape index (κ3) is 5.07. The fourth-order valence-electron chi connectivity index (χ4n) is 3.50. The van der Waals surface area contributed by atoms with Crippen LogP contribution < -0.4 is 10.5 Å². The molecule has 0 atom stereocenters. The second-order valence-corrected chi connectivity index (χ2v) is 7.78. The first-order valence-electron chi connectivity index (χ1n) is 10.4. The molecule has 10 heteroatoms. The Labute approximate surface area is 189 Å². The summed E-state index contributed by atoms with van der Waals surface area (Å²) in [7, 11) is 4.03. The van der Waals surface area contributed by atoms with Gasteiger partial charge in [0.1, 0.15) is 0 Å². The molecule has 0 radical (unpaired) electrons. The average molecular weight is 449 g/mol. The Morgan fingerprint density at radius 1 is 1.15 bits per heavy atom. The number of hydrogen-bond acceptors (Lipinski definition) is 8. The van der Waals surface area contributed by atoms with E-state index in [4.69, 9.17) is 9.15 Å². The monoisotopic (exact) mass is 449 g/mol. The number of nitrogens with zero attached hydrogens (tertiary/aromatic N) is 5. The summed E-state index contributed by atoms with van der Waals surface area (Å²) >= 11 is 0. The van der Waals surface area contributed by atoms with Gasteiger partial charge < -0.3 is 14.1 Å². The number of aromatic nitrogens is 3. The number of nitro benzene ring substituents is 1. The second kappa shape index (κ2) is 9.61. The molecule has 0 fully saturated rings. The smallest absolute Gasteiger partial charge is 0.420 e. The Kier molecular flexibility index (Phi) is 6.45. The second-order valence-electron chi connectivity index (χ2n) is 7.78. The summed E-state index contributed by atoms with van der Waals surface area (Å²) in [5, 5.41) is 11.4. The first-order chi connectivity index (χ1) is 15.9. The highest BCUT2D eigenvalue weighted by Crippen LogP contribution is 2.26. The Morgan fingerprint density at radius 3 is 2.64 bits per heavy atom. The standard InChI is InChI=1S/C23H23N5O5/c1-26(2)10-5-11-32-18-13-24-22(25-14-18)17-7-3-6-16(12-17)15-27-21-19(28(30)31)8-4-9-20(21)33-23(27)29/h3-4,6-9,12-14H,5,10-11,15H2,1-2H3. The minimum atomic E-state index is -0.656. The first-order valence-corrected chi connectivity index (χ1v) is 10.4. The molecule has 0 spiro atoms. The largest absolute Gasteiger partial charge is 0.490 e. The molecule has 0 saturated carbocycles. The third-order valence-electron chi connectivity index (χ3n) is 5.03. The molecule has 0 aliphatic carbocycles. The van der Waals surface area contributed by atoms with Crippen LogP contribution in [0.4, 0.5) is 5.69 Å². The van der Waals surface area contributed by atoms with E-state index in [1.807, 2.05) is 38.4 Å². The van der Waals surface area contributed by atoms with Gasteiger partial charge in [-0.05, 0) is 38.2 Å². The number of benzene rings is 2. The topological polar surface area (TPSA) is 117 Å². The Hall–Kier alpha value is -4.05. The van der Waals surface area contributed by atoms with Crippen LogP contribution in [0.3, 0.4) is 0 Å². The molecule has 0 N–H and O–H groups in total. The predicted molar refractivity (Wildman–Crippen MR) is 122 cm³/mol. The van der Waals surface area contributed by atoms with Gasteiger partial charge in [0.25, 0.3) is 5.69 Å². The van der Waals surface area contributed by atoms with Crippen molar-refractivity contribution in [2.45, 2.75) is 13.0 Å². The van der Waals surface area contributed by atoms with Crippen molar-refractivity contribution < 1.29 is 14.1 Å². The van der Waals surface area contributed by atoms with Crippen molar-refractivity contribution in [2.24, 2.45) is 0 Å². The van der Waals surface area contributed by atoms with Crippen LogP contribution >= 0.6 is 0 Å². The summed E-state index contributed by atoms with van der Waals surface area (Å²) in [6.45, 7) is 1.62. The van der Waals surface area contributed by atoms with Crippen molar-refractivity contribution in [1.82, 2.24) is 19.4 Å². The molecule has 33 heavy (non-hydrogen) atoms. The lowest BCUT2D eigenvalue weighted by atomic mass is 10.1. The lowest BCUT2D eigenvalue weighted by molar-refractivity contribution is -0.383. The van der Waals surface area contributed by atoms with Crippen LogP contribution in [0.2, 0.25) is 0 Å². The van der Waals surface area contributed by atoms with E-state index < -0.39 is 10.7 Å². The minimum Gasteiger partial charge on any atom is -0.490 e. The Morgan fingerprint density at radius 2 is 1.91 bits per heavy atom. The van der Waals surface area contributed by atoms with Crippen LogP contribution in [0.25, 0.3) is 22.5 Å². The molecular formula is C23H23N5O5. The lowest BCUT2D eigenvalue weighted by Crippen LogP contribution is -2.15. The molecule has 2 aromatic heterocycles. The zero-order valence-corrected chi connectivity index (χ0v) is 18.3. The van der Waals surface area contributed by atoms with E-state index in [0.717, 1.165) is 24.1 Å². The SMILES string of the molecule is CN(C)CCCOc1cnc(-c2cccc(Cn3c(=O)oc4cccc([N+](=O)[O-])c43)c2)nc1. The summed E-state index contributed by atoms with van der Waals surface area (Å²) in [4.78, 5) is 34.1. The number of para-hydroxylation sites is 1. The van der Waals surface area contributed by atoms with Crippen molar-refractivity contribution in [3.8, 4) is 17.1 Å². The summed E-state index contributed by atoms with van der Waals surface area (Å²) in [6.07, 6.45) is 4.15. The predicted octanol–water partition coefficient (Wildman–Crippen LogP) is 3.34. The van der Waals surface area contributed by atoms with Crippen molar-refractivity contribution in [3.63, 3.8) is 0 Å². The summed E-state index contributed by atoms with van der Waals surface area (Å²) in [6, 6.07) is 11.7. The number of rotatable bonds is 9. The highest BCUT2D eigenvalue weighted by molar-refractivity contribution is 5.83. The van der Waals surface area contributed by atoms with Crippen LogP contribution in [-0.2, 0) is 6.54 Å². The maximum atomic E-state index is 12.4. The first kappa shape index (κ1) is 22.2. The Bertz CT molecular complexity index is 1330. The maximum absolute atomic E-state index is 12.4. The van der Waals surface area contributed by atoms with Crippen LogP contribution in [0.15, 0.2) is 64.1 Å². The highest BCUT2D eigenvalue weighted by Gasteiger charge is 2.20. The third-order valence-corrected chi connectivity index (χ3v) is 5.03. The van der Waals surface area contributed by atoms with Gasteiger partial charge in [-0.15, -0.1) is 0 Å². The van der Waals surface area contributed by atoms with Crippen molar-refractivity contribution in [2.75, 3.05) is 27.2 Å². The molecule has 0 aliphatic heterocycles. The van der Waals surface area contributed by atoms with Gasteiger partial charge in [0.05, 0.1) is 30.5 Å². The molecule has 0 saturated heterocycles. The number of ether oxygens (including phenoxy) is 1. The Balaban J connectivity index is 1.54. The molecule has 170 valence electrons. The number of oxazole rings is 1. The lowest BCUT2D eigenvalue weighted by Gasteiger charge is -2.10. The van der Waals surface area contributed by atoms with Gasteiger partial charge >= 0.3 is 5.76 Å². The number of non-ortho nitro benzene ring substituents is 1. The van der Waals surface area contributed by atoms with Crippen LogP contribution in [0.1, 0.15) is 12.0 Å². The van der Waals surface area contributed by atoms with E-state index in [2.05, 4.69) is 14.9 Å². The van der Waals surface area contributed by atoms with Gasteiger partial charge in [-0.2, -0.15) is 0 Å². The molecule has 0 amide bonds. The summed E-state index contributed by atoms with van der Waals surface area (Å²) in [5.41, 5.74) is 1.66. The van der Waals surface area contributed by atoms with E-state index in [-0.39, 0.29) is 23.3 Å². The zero-order chi connectivity index (χ0) is 23.4. The van der Waals surface area contributed by atoms with E-state index in [0.29, 0.717) is 18.2 Å². The van der Waals surface area contributed by atoms with E-state index >= 15 is 0 Å². The number of nitro groups is 1. The van der Waals surface area contributed by atoms with E-state index in [1.54, 1.807) is 12.4 Å². The van der Waals surface area contributed by atoms with E-state index in [9.17, 15) is 14.9 Å². The quantitative estimate of drug-likeness (QED) is 0.217. The van der Waals surface area contributed by atoms with Gasteiger partial charge in [0, 0.05) is 18.2 Å². The minimum absolute atomic E-state index is 0.109. The molecule has 2 heterocycles.